The van der Waals surface area contributed by atoms with Crippen LogP contribution < -0.4 is 0 Å². The Morgan fingerprint density at radius 3 is 2.64 bits per heavy atom. The van der Waals surface area contributed by atoms with Crippen LogP contribution in [0.5, 0.6) is 0 Å². The maximum atomic E-state index is 11.3. The summed E-state index contributed by atoms with van der Waals surface area (Å²) in [5.41, 5.74) is 0.544. The number of carboxylic acids is 1. The second kappa shape index (κ2) is 4.10. The molecule has 0 aliphatic carbocycles. The number of carboxylic acid groups (broad SMARTS) is 1. The summed E-state index contributed by atoms with van der Waals surface area (Å²) in [5, 5.41) is 8.44. The van der Waals surface area contributed by atoms with Gasteiger partial charge in [-0.1, -0.05) is 5.57 Å². The van der Waals surface area contributed by atoms with Crippen LogP contribution in [0.4, 0.5) is 0 Å². The molecule has 80 valence electrons. The first-order chi connectivity index (χ1) is 6.42. The summed E-state index contributed by atoms with van der Waals surface area (Å²) < 4.78 is 24.0. The van der Waals surface area contributed by atoms with E-state index in [4.69, 9.17) is 5.11 Å². The molecule has 0 unspecified atom stereocenters. The van der Waals surface area contributed by atoms with Gasteiger partial charge in [-0.3, -0.25) is 0 Å². The molecule has 1 heterocycles. The van der Waals surface area contributed by atoms with E-state index in [1.165, 1.54) is 4.31 Å². The average Bonchev–Trinajstić information content (AvgIpc) is 2.29. The first-order valence-electron chi connectivity index (χ1n) is 4.30. The largest absolute Gasteiger partial charge is 0.478 e. The van der Waals surface area contributed by atoms with E-state index >= 15 is 0 Å². The van der Waals surface area contributed by atoms with Crippen molar-refractivity contribution in [2.45, 2.75) is 13.3 Å². The number of aliphatic carboxylic acids is 1. The maximum Gasteiger partial charge on any atom is 0.328 e. The van der Waals surface area contributed by atoms with Crippen LogP contribution in [0.1, 0.15) is 13.3 Å². The zero-order chi connectivity index (χ0) is 10.8. The standard InChI is InChI=1S/C8H13NO4S/c1-7(5-8(10)11)6-9-3-2-4-14(9,12)13/h5H,2-4,6H2,1H3,(H,10,11). The fourth-order valence-corrected chi connectivity index (χ4v) is 2.96. The van der Waals surface area contributed by atoms with E-state index in [1.54, 1.807) is 6.92 Å². The average molecular weight is 219 g/mol. The van der Waals surface area contributed by atoms with Gasteiger partial charge in [-0.05, 0) is 13.3 Å². The minimum Gasteiger partial charge on any atom is -0.478 e. The molecule has 1 rings (SSSR count). The van der Waals surface area contributed by atoms with Crippen LogP contribution in [0.3, 0.4) is 0 Å². The van der Waals surface area contributed by atoms with E-state index in [2.05, 4.69) is 0 Å². The Morgan fingerprint density at radius 1 is 1.57 bits per heavy atom. The molecule has 0 spiro atoms. The summed E-state index contributed by atoms with van der Waals surface area (Å²) in [4.78, 5) is 10.3. The summed E-state index contributed by atoms with van der Waals surface area (Å²) in [6.07, 6.45) is 1.66. The molecule has 0 radical (unpaired) electrons. The third-order valence-electron chi connectivity index (χ3n) is 2.00. The molecule has 0 aromatic heterocycles. The van der Waals surface area contributed by atoms with Crippen molar-refractivity contribution >= 4 is 16.0 Å². The molecular weight excluding hydrogens is 206 g/mol. The number of nitrogens with zero attached hydrogens (tertiary/aromatic N) is 1. The molecule has 14 heavy (non-hydrogen) atoms. The molecular formula is C8H13NO4S. The minimum atomic E-state index is -3.12. The lowest BCUT2D eigenvalue weighted by molar-refractivity contribution is -0.131. The van der Waals surface area contributed by atoms with Crippen LogP contribution in [0, 0.1) is 0 Å². The molecule has 0 atom stereocenters. The van der Waals surface area contributed by atoms with E-state index < -0.39 is 16.0 Å². The van der Waals surface area contributed by atoms with Crippen molar-refractivity contribution in [1.29, 1.82) is 0 Å². The van der Waals surface area contributed by atoms with Crippen LogP contribution in [-0.2, 0) is 14.8 Å². The second-order valence-electron chi connectivity index (χ2n) is 3.33. The van der Waals surface area contributed by atoms with Crippen LogP contribution in [0.2, 0.25) is 0 Å². The van der Waals surface area contributed by atoms with Gasteiger partial charge in [0.2, 0.25) is 10.0 Å². The first kappa shape index (κ1) is 11.2. The van der Waals surface area contributed by atoms with Crippen LogP contribution >= 0.6 is 0 Å². The lowest BCUT2D eigenvalue weighted by atomic mass is 10.3. The molecule has 0 amide bonds. The highest BCUT2D eigenvalue weighted by atomic mass is 32.2. The maximum absolute atomic E-state index is 11.3. The molecule has 1 aliphatic rings. The Kier molecular flexibility index (Phi) is 3.28. The zero-order valence-electron chi connectivity index (χ0n) is 7.93. The summed E-state index contributed by atoms with van der Waals surface area (Å²) in [7, 11) is -3.12. The van der Waals surface area contributed by atoms with Gasteiger partial charge in [0.05, 0.1) is 5.75 Å². The van der Waals surface area contributed by atoms with Gasteiger partial charge >= 0.3 is 5.97 Å². The molecule has 6 heteroatoms. The lowest BCUT2D eigenvalue weighted by Crippen LogP contribution is -2.27. The topological polar surface area (TPSA) is 74.7 Å². The highest BCUT2D eigenvalue weighted by Gasteiger charge is 2.27. The van der Waals surface area contributed by atoms with Crippen LogP contribution in [-0.4, -0.2) is 42.6 Å². The quantitative estimate of drug-likeness (QED) is 0.681. The van der Waals surface area contributed by atoms with Gasteiger partial charge in [-0.25, -0.2) is 13.2 Å². The number of carbonyl (C=O) groups is 1. The van der Waals surface area contributed by atoms with Crippen molar-refractivity contribution in [2.24, 2.45) is 0 Å². The van der Waals surface area contributed by atoms with Crippen molar-refractivity contribution in [3.63, 3.8) is 0 Å². The normalized spacial score (nSPS) is 22.5. The summed E-state index contributed by atoms with van der Waals surface area (Å²) in [6.45, 7) is 2.30. The Bertz CT molecular complexity index is 358. The molecule has 5 nitrogen and oxygen atoms in total. The number of sulfonamides is 1. The molecule has 0 aromatic rings. The monoisotopic (exact) mass is 219 g/mol. The van der Waals surface area contributed by atoms with Gasteiger partial charge in [0.15, 0.2) is 0 Å². The molecule has 1 fully saturated rings. The number of rotatable bonds is 3. The van der Waals surface area contributed by atoms with E-state index in [9.17, 15) is 13.2 Å². The number of hydrogen-bond acceptors (Lipinski definition) is 3. The molecule has 0 saturated carbocycles. The highest BCUT2D eigenvalue weighted by molar-refractivity contribution is 7.89. The minimum absolute atomic E-state index is 0.174. The second-order valence-corrected chi connectivity index (χ2v) is 5.42. The summed E-state index contributed by atoms with van der Waals surface area (Å²) in [5.74, 6) is -0.869. The zero-order valence-corrected chi connectivity index (χ0v) is 8.75. The van der Waals surface area contributed by atoms with E-state index in [0.717, 1.165) is 6.08 Å². The lowest BCUT2D eigenvalue weighted by Gasteiger charge is -2.13. The molecule has 1 N–H and O–H groups in total. The first-order valence-corrected chi connectivity index (χ1v) is 5.90. The Labute approximate surface area is 83.1 Å². The summed E-state index contributed by atoms with van der Waals surface area (Å²) >= 11 is 0. The van der Waals surface area contributed by atoms with Crippen molar-refractivity contribution in [2.75, 3.05) is 18.8 Å². The van der Waals surface area contributed by atoms with Gasteiger partial charge in [-0.15, -0.1) is 0 Å². The van der Waals surface area contributed by atoms with Gasteiger partial charge in [-0.2, -0.15) is 4.31 Å². The number of hydrogen-bond donors (Lipinski definition) is 1. The van der Waals surface area contributed by atoms with Gasteiger partial charge in [0, 0.05) is 19.2 Å². The smallest absolute Gasteiger partial charge is 0.328 e. The van der Waals surface area contributed by atoms with Crippen molar-refractivity contribution < 1.29 is 18.3 Å². The fourth-order valence-electron chi connectivity index (χ4n) is 1.40. The van der Waals surface area contributed by atoms with Gasteiger partial charge in [0.1, 0.15) is 0 Å². The fraction of sp³-hybridized carbons (Fsp3) is 0.625. The Morgan fingerprint density at radius 2 is 2.21 bits per heavy atom. The van der Waals surface area contributed by atoms with E-state index in [0.29, 0.717) is 18.5 Å². The third-order valence-corrected chi connectivity index (χ3v) is 3.90. The molecule has 0 bridgehead atoms. The predicted molar refractivity (Wildman–Crippen MR) is 51.4 cm³/mol. The SMILES string of the molecule is CC(=CC(=O)O)CN1CCCS1(=O)=O. The van der Waals surface area contributed by atoms with Crippen LogP contribution in [0.15, 0.2) is 11.6 Å². The Balaban J connectivity index is 2.66. The molecule has 0 aromatic carbocycles. The van der Waals surface area contributed by atoms with Crippen LogP contribution in [0.25, 0.3) is 0 Å². The summed E-state index contributed by atoms with van der Waals surface area (Å²) in [6, 6.07) is 0. The van der Waals surface area contributed by atoms with Gasteiger partial charge in [0.25, 0.3) is 0 Å². The van der Waals surface area contributed by atoms with Crippen molar-refractivity contribution in [3.05, 3.63) is 11.6 Å². The van der Waals surface area contributed by atoms with Crippen molar-refractivity contribution in [3.8, 4) is 0 Å². The highest BCUT2D eigenvalue weighted by Crippen LogP contribution is 2.14. The van der Waals surface area contributed by atoms with E-state index in [-0.39, 0.29) is 12.3 Å². The molecule has 1 aliphatic heterocycles. The molecule has 1 saturated heterocycles. The van der Waals surface area contributed by atoms with E-state index in [1.807, 2.05) is 0 Å². The third kappa shape index (κ3) is 2.81. The van der Waals surface area contributed by atoms with Crippen molar-refractivity contribution in [1.82, 2.24) is 4.31 Å². The Hall–Kier alpha value is -0.880. The predicted octanol–water partition coefficient (Wildman–Crippen LogP) is 0.0528. The van der Waals surface area contributed by atoms with Gasteiger partial charge < -0.3 is 5.11 Å².